The molecule has 0 amide bonds. The number of nitrogens with two attached hydrogens (primary N) is 1. The Hall–Kier alpha value is -1.14. The van der Waals surface area contributed by atoms with Gasteiger partial charge in [-0.3, -0.25) is 9.59 Å². The third-order valence-corrected chi connectivity index (χ3v) is 10.6. The Balaban J connectivity index is 4.02. The van der Waals surface area contributed by atoms with Gasteiger partial charge >= 0.3 is 11.9 Å². The lowest BCUT2D eigenvalue weighted by Crippen LogP contribution is -2.28. The van der Waals surface area contributed by atoms with Crippen molar-refractivity contribution in [3.05, 3.63) is 0 Å². The van der Waals surface area contributed by atoms with Crippen molar-refractivity contribution < 1.29 is 19.1 Å². The Morgan fingerprint density at radius 2 is 0.824 bits per heavy atom. The van der Waals surface area contributed by atoms with E-state index in [0.717, 1.165) is 77.5 Å². The number of hydrogen-bond donors (Lipinski definition) is 1. The number of carbonyl (C=O) groups is 2. The SMILES string of the molecule is CCCCCCCCCOC(=O)CCCCCCCN(CCCN)CCCCCCCOC(=O)C(CCCCCCCC)CCCCCCCC. The van der Waals surface area contributed by atoms with Crippen LogP contribution in [0.2, 0.25) is 0 Å². The molecule has 304 valence electrons. The van der Waals surface area contributed by atoms with Gasteiger partial charge in [0.25, 0.3) is 0 Å². The summed E-state index contributed by atoms with van der Waals surface area (Å²) in [6.07, 6.45) is 39.2. The van der Waals surface area contributed by atoms with Crippen LogP contribution in [0.15, 0.2) is 0 Å². The molecule has 2 N–H and O–H groups in total. The average Bonchev–Trinajstić information content (AvgIpc) is 3.13. The molecule has 0 aromatic heterocycles. The Morgan fingerprint density at radius 3 is 1.29 bits per heavy atom. The lowest BCUT2D eigenvalue weighted by atomic mass is 9.94. The first-order valence-corrected chi connectivity index (χ1v) is 22.8. The van der Waals surface area contributed by atoms with Crippen molar-refractivity contribution >= 4 is 11.9 Å². The molecule has 0 saturated heterocycles. The molecule has 0 spiro atoms. The highest BCUT2D eigenvalue weighted by molar-refractivity contribution is 5.72. The predicted octanol–water partition coefficient (Wildman–Crippen LogP) is 12.9. The average molecular weight is 723 g/mol. The summed E-state index contributed by atoms with van der Waals surface area (Å²) < 4.78 is 11.3. The van der Waals surface area contributed by atoms with E-state index in [0.29, 0.717) is 19.6 Å². The number of rotatable bonds is 42. The molecular formula is C45H90N2O4. The van der Waals surface area contributed by atoms with E-state index in [1.807, 2.05) is 0 Å². The maximum atomic E-state index is 13.0. The summed E-state index contributed by atoms with van der Waals surface area (Å²) >= 11 is 0. The van der Waals surface area contributed by atoms with E-state index < -0.39 is 0 Å². The molecule has 0 radical (unpaired) electrons. The van der Waals surface area contributed by atoms with E-state index in [4.69, 9.17) is 15.2 Å². The predicted molar refractivity (Wildman–Crippen MR) is 220 cm³/mol. The molecule has 0 aliphatic heterocycles. The summed E-state index contributed by atoms with van der Waals surface area (Å²) in [7, 11) is 0. The molecule has 0 aliphatic rings. The maximum absolute atomic E-state index is 13.0. The molecule has 0 aromatic rings. The van der Waals surface area contributed by atoms with Crippen molar-refractivity contribution in [1.82, 2.24) is 4.90 Å². The fraction of sp³-hybridized carbons (Fsp3) is 0.956. The topological polar surface area (TPSA) is 81.9 Å². The second kappa shape index (κ2) is 41.6. The smallest absolute Gasteiger partial charge is 0.308 e. The zero-order chi connectivity index (χ0) is 37.3. The molecule has 0 bridgehead atoms. The summed E-state index contributed by atoms with van der Waals surface area (Å²) in [5.41, 5.74) is 5.83. The van der Waals surface area contributed by atoms with Gasteiger partial charge in [-0.05, 0) is 77.5 Å². The Labute approximate surface area is 318 Å². The Bertz CT molecular complexity index is 702. The van der Waals surface area contributed by atoms with Gasteiger partial charge in [0.05, 0.1) is 19.1 Å². The molecule has 0 atom stereocenters. The van der Waals surface area contributed by atoms with Crippen LogP contribution >= 0.6 is 0 Å². The minimum absolute atomic E-state index is 0.0128. The number of unbranched alkanes of at least 4 members (excludes halogenated alkanes) is 24. The van der Waals surface area contributed by atoms with Crippen LogP contribution in [0.1, 0.15) is 233 Å². The highest BCUT2D eigenvalue weighted by atomic mass is 16.5. The minimum atomic E-state index is -0.0128. The number of esters is 2. The van der Waals surface area contributed by atoms with Gasteiger partial charge in [0, 0.05) is 6.42 Å². The molecule has 0 heterocycles. The molecule has 0 fully saturated rings. The first kappa shape index (κ1) is 49.9. The van der Waals surface area contributed by atoms with Crippen molar-refractivity contribution in [2.24, 2.45) is 11.7 Å². The van der Waals surface area contributed by atoms with Crippen LogP contribution in [0.5, 0.6) is 0 Å². The summed E-state index contributed by atoms with van der Waals surface area (Å²) in [4.78, 5) is 27.6. The van der Waals surface area contributed by atoms with Crippen LogP contribution in [-0.2, 0) is 19.1 Å². The number of ether oxygens (including phenoxy) is 2. The van der Waals surface area contributed by atoms with Gasteiger partial charge in [-0.1, -0.05) is 175 Å². The van der Waals surface area contributed by atoms with Gasteiger partial charge in [0.1, 0.15) is 0 Å². The maximum Gasteiger partial charge on any atom is 0.308 e. The fourth-order valence-electron chi connectivity index (χ4n) is 7.08. The first-order chi connectivity index (χ1) is 25.1. The highest BCUT2D eigenvalue weighted by Gasteiger charge is 2.19. The van der Waals surface area contributed by atoms with Crippen LogP contribution in [0.4, 0.5) is 0 Å². The van der Waals surface area contributed by atoms with E-state index in [2.05, 4.69) is 25.7 Å². The molecule has 51 heavy (non-hydrogen) atoms. The van der Waals surface area contributed by atoms with Crippen LogP contribution < -0.4 is 5.73 Å². The molecular weight excluding hydrogens is 633 g/mol. The van der Waals surface area contributed by atoms with Gasteiger partial charge in [0.15, 0.2) is 0 Å². The third kappa shape index (κ3) is 37.0. The summed E-state index contributed by atoms with van der Waals surface area (Å²) in [5.74, 6) is 0.167. The summed E-state index contributed by atoms with van der Waals surface area (Å²) in [5, 5.41) is 0. The summed E-state index contributed by atoms with van der Waals surface area (Å²) in [6, 6.07) is 0. The lowest BCUT2D eigenvalue weighted by Gasteiger charge is -2.22. The Morgan fingerprint density at radius 1 is 0.451 bits per heavy atom. The number of carbonyl (C=O) groups excluding carboxylic acids is 2. The van der Waals surface area contributed by atoms with E-state index in [1.165, 1.54) is 154 Å². The monoisotopic (exact) mass is 723 g/mol. The normalized spacial score (nSPS) is 11.6. The number of nitrogens with zero attached hydrogens (tertiary/aromatic N) is 1. The van der Waals surface area contributed by atoms with Crippen molar-refractivity contribution in [3.8, 4) is 0 Å². The van der Waals surface area contributed by atoms with Crippen molar-refractivity contribution in [1.29, 1.82) is 0 Å². The Kier molecular flexibility index (Phi) is 40.7. The van der Waals surface area contributed by atoms with Crippen LogP contribution in [0, 0.1) is 5.92 Å². The molecule has 0 aromatic carbocycles. The first-order valence-electron chi connectivity index (χ1n) is 22.8. The molecule has 0 rings (SSSR count). The van der Waals surface area contributed by atoms with Crippen LogP contribution in [-0.4, -0.2) is 56.2 Å². The van der Waals surface area contributed by atoms with Gasteiger partial charge in [-0.25, -0.2) is 0 Å². The molecule has 6 nitrogen and oxygen atoms in total. The minimum Gasteiger partial charge on any atom is -0.466 e. The zero-order valence-electron chi connectivity index (χ0n) is 34.8. The summed E-state index contributed by atoms with van der Waals surface area (Å²) in [6.45, 7) is 12.1. The lowest BCUT2D eigenvalue weighted by molar-refractivity contribution is -0.149. The fourth-order valence-corrected chi connectivity index (χ4v) is 7.08. The van der Waals surface area contributed by atoms with Crippen molar-refractivity contribution in [3.63, 3.8) is 0 Å². The van der Waals surface area contributed by atoms with E-state index in [9.17, 15) is 9.59 Å². The van der Waals surface area contributed by atoms with Gasteiger partial charge in [0.2, 0.25) is 0 Å². The molecule has 0 aliphatic carbocycles. The second-order valence-electron chi connectivity index (χ2n) is 15.6. The zero-order valence-corrected chi connectivity index (χ0v) is 34.8. The molecule has 0 saturated carbocycles. The number of hydrogen-bond acceptors (Lipinski definition) is 6. The van der Waals surface area contributed by atoms with Crippen LogP contribution in [0.3, 0.4) is 0 Å². The van der Waals surface area contributed by atoms with Gasteiger partial charge in [-0.15, -0.1) is 0 Å². The van der Waals surface area contributed by atoms with Crippen molar-refractivity contribution in [2.75, 3.05) is 39.4 Å². The molecule has 0 unspecified atom stereocenters. The third-order valence-electron chi connectivity index (χ3n) is 10.6. The second-order valence-corrected chi connectivity index (χ2v) is 15.6. The van der Waals surface area contributed by atoms with Crippen LogP contribution in [0.25, 0.3) is 0 Å². The van der Waals surface area contributed by atoms with E-state index >= 15 is 0 Å². The quantitative estimate of drug-likeness (QED) is 0.0499. The largest absolute Gasteiger partial charge is 0.466 e. The van der Waals surface area contributed by atoms with E-state index in [-0.39, 0.29) is 17.9 Å². The molecule has 6 heteroatoms. The van der Waals surface area contributed by atoms with Crippen molar-refractivity contribution in [2.45, 2.75) is 233 Å². The van der Waals surface area contributed by atoms with Gasteiger partial charge in [-0.2, -0.15) is 0 Å². The van der Waals surface area contributed by atoms with Gasteiger partial charge < -0.3 is 20.1 Å². The van der Waals surface area contributed by atoms with E-state index in [1.54, 1.807) is 0 Å². The standard InChI is InChI=1S/C45H90N2O4/c1-4-7-10-13-16-24-31-41-50-44(48)36-28-21-17-22-29-38-47(40-33-37-46)39-30-23-18-25-32-42-51-45(49)43(34-26-19-14-11-8-5-2)35-27-20-15-12-9-6-3/h43H,4-42,46H2,1-3H3. The highest BCUT2D eigenvalue weighted by Crippen LogP contribution is 2.21.